The summed E-state index contributed by atoms with van der Waals surface area (Å²) < 4.78 is 15.1. The predicted molar refractivity (Wildman–Crippen MR) is 94.7 cm³/mol. The first-order chi connectivity index (χ1) is 12.2. The zero-order chi connectivity index (χ0) is 17.6. The molecule has 2 aromatic heterocycles. The van der Waals surface area contributed by atoms with Crippen LogP contribution in [-0.4, -0.2) is 31.4 Å². The van der Waals surface area contributed by atoms with Crippen LogP contribution < -0.4 is 5.32 Å². The third-order valence-corrected chi connectivity index (χ3v) is 4.38. The van der Waals surface area contributed by atoms with E-state index in [0.29, 0.717) is 17.4 Å². The lowest BCUT2D eigenvalue weighted by Gasteiger charge is -2.08. The highest BCUT2D eigenvalue weighted by molar-refractivity contribution is 7.99. The predicted octanol–water partition coefficient (Wildman–Crippen LogP) is 3.23. The van der Waals surface area contributed by atoms with Gasteiger partial charge in [0.1, 0.15) is 5.82 Å². The SMILES string of the molecule is CCn1c(SCC(=O)Nc2cccc(F)c2)nnc1-c1ccncc1. The summed E-state index contributed by atoms with van der Waals surface area (Å²) in [6.07, 6.45) is 3.40. The van der Waals surface area contributed by atoms with Gasteiger partial charge >= 0.3 is 0 Å². The number of amides is 1. The maximum absolute atomic E-state index is 13.1. The van der Waals surface area contributed by atoms with Crippen molar-refractivity contribution in [2.45, 2.75) is 18.6 Å². The van der Waals surface area contributed by atoms with Crippen molar-refractivity contribution in [1.29, 1.82) is 0 Å². The third kappa shape index (κ3) is 4.21. The van der Waals surface area contributed by atoms with Crippen LogP contribution in [0.4, 0.5) is 10.1 Å². The van der Waals surface area contributed by atoms with Crippen molar-refractivity contribution in [1.82, 2.24) is 19.7 Å². The first-order valence-electron chi connectivity index (χ1n) is 7.69. The Morgan fingerprint density at radius 1 is 1.24 bits per heavy atom. The summed E-state index contributed by atoms with van der Waals surface area (Å²) >= 11 is 1.29. The lowest BCUT2D eigenvalue weighted by Crippen LogP contribution is -2.14. The Labute approximate surface area is 148 Å². The molecule has 0 fully saturated rings. The second kappa shape index (κ2) is 7.89. The molecule has 0 saturated heterocycles. The monoisotopic (exact) mass is 357 g/mol. The van der Waals surface area contributed by atoms with Crippen molar-refractivity contribution in [3.8, 4) is 11.4 Å². The highest BCUT2D eigenvalue weighted by Gasteiger charge is 2.14. The van der Waals surface area contributed by atoms with Gasteiger partial charge in [0.25, 0.3) is 0 Å². The number of aromatic nitrogens is 4. The van der Waals surface area contributed by atoms with Crippen molar-refractivity contribution in [2.75, 3.05) is 11.1 Å². The smallest absolute Gasteiger partial charge is 0.234 e. The van der Waals surface area contributed by atoms with Gasteiger partial charge in [0.05, 0.1) is 5.75 Å². The minimum atomic E-state index is -0.391. The van der Waals surface area contributed by atoms with Gasteiger partial charge in [0.2, 0.25) is 5.91 Å². The van der Waals surface area contributed by atoms with Crippen LogP contribution in [0.2, 0.25) is 0 Å². The highest BCUT2D eigenvalue weighted by Crippen LogP contribution is 2.23. The molecule has 0 radical (unpaired) electrons. The Kier molecular flexibility index (Phi) is 5.39. The van der Waals surface area contributed by atoms with Gasteiger partial charge in [-0.05, 0) is 37.3 Å². The van der Waals surface area contributed by atoms with Gasteiger partial charge in [-0.3, -0.25) is 9.78 Å². The number of rotatable bonds is 6. The van der Waals surface area contributed by atoms with E-state index in [-0.39, 0.29) is 11.7 Å². The number of hydrogen-bond donors (Lipinski definition) is 1. The van der Waals surface area contributed by atoms with Crippen molar-refractivity contribution < 1.29 is 9.18 Å². The highest BCUT2D eigenvalue weighted by atomic mass is 32.2. The second-order valence-electron chi connectivity index (χ2n) is 5.13. The summed E-state index contributed by atoms with van der Waals surface area (Å²) in [5.74, 6) is 0.271. The third-order valence-electron chi connectivity index (χ3n) is 3.41. The van der Waals surface area contributed by atoms with Crippen LogP contribution in [0.25, 0.3) is 11.4 Å². The lowest BCUT2D eigenvalue weighted by molar-refractivity contribution is -0.113. The minimum absolute atomic E-state index is 0.158. The van der Waals surface area contributed by atoms with Gasteiger partial charge in [0, 0.05) is 30.2 Å². The second-order valence-corrected chi connectivity index (χ2v) is 6.08. The van der Waals surface area contributed by atoms with Gasteiger partial charge in [0.15, 0.2) is 11.0 Å². The molecule has 0 aliphatic rings. The van der Waals surface area contributed by atoms with Crippen molar-refractivity contribution >= 4 is 23.4 Å². The molecule has 3 aromatic rings. The molecule has 1 aromatic carbocycles. The Bertz CT molecular complexity index is 868. The Morgan fingerprint density at radius 3 is 2.76 bits per heavy atom. The summed E-state index contributed by atoms with van der Waals surface area (Å²) in [7, 11) is 0. The molecule has 0 unspecified atom stereocenters. The molecule has 0 bridgehead atoms. The lowest BCUT2D eigenvalue weighted by atomic mass is 10.2. The maximum Gasteiger partial charge on any atom is 0.234 e. The Morgan fingerprint density at radius 2 is 2.04 bits per heavy atom. The molecule has 0 aliphatic carbocycles. The van der Waals surface area contributed by atoms with Crippen molar-refractivity contribution in [3.05, 3.63) is 54.6 Å². The molecule has 0 spiro atoms. The molecule has 1 amide bonds. The fourth-order valence-corrected chi connectivity index (χ4v) is 3.09. The van der Waals surface area contributed by atoms with Gasteiger partial charge in [-0.15, -0.1) is 10.2 Å². The molecule has 8 heteroatoms. The molecule has 25 heavy (non-hydrogen) atoms. The summed E-state index contributed by atoms with van der Waals surface area (Å²) in [6.45, 7) is 2.67. The van der Waals surface area contributed by atoms with Gasteiger partial charge < -0.3 is 9.88 Å². The number of carbonyl (C=O) groups is 1. The summed E-state index contributed by atoms with van der Waals surface area (Å²) in [6, 6.07) is 9.52. The molecule has 3 rings (SSSR count). The quantitative estimate of drug-likeness (QED) is 0.686. The topological polar surface area (TPSA) is 72.7 Å². The van der Waals surface area contributed by atoms with Gasteiger partial charge in [-0.2, -0.15) is 0 Å². The fraction of sp³-hybridized carbons (Fsp3) is 0.176. The average Bonchev–Trinajstić information content (AvgIpc) is 3.03. The summed E-state index contributed by atoms with van der Waals surface area (Å²) in [4.78, 5) is 16.0. The molecule has 1 N–H and O–H groups in total. The van der Waals surface area contributed by atoms with Crippen LogP contribution in [0, 0.1) is 5.82 Å². The number of nitrogens with zero attached hydrogens (tertiary/aromatic N) is 4. The number of anilines is 1. The van der Waals surface area contributed by atoms with E-state index in [1.807, 2.05) is 23.6 Å². The van der Waals surface area contributed by atoms with Crippen LogP contribution in [0.3, 0.4) is 0 Å². The number of pyridine rings is 1. The Balaban J connectivity index is 1.67. The van der Waals surface area contributed by atoms with Crippen LogP contribution in [-0.2, 0) is 11.3 Å². The summed E-state index contributed by atoms with van der Waals surface area (Å²) in [5.41, 5.74) is 1.35. The Hall–Kier alpha value is -2.74. The van der Waals surface area contributed by atoms with Crippen molar-refractivity contribution in [3.63, 3.8) is 0 Å². The molecule has 0 atom stereocenters. The number of hydrogen-bond acceptors (Lipinski definition) is 5. The zero-order valence-electron chi connectivity index (χ0n) is 13.5. The first kappa shape index (κ1) is 17.1. The molecule has 6 nitrogen and oxygen atoms in total. The van der Waals surface area contributed by atoms with E-state index in [9.17, 15) is 9.18 Å². The van der Waals surface area contributed by atoms with Crippen molar-refractivity contribution in [2.24, 2.45) is 0 Å². The van der Waals surface area contributed by atoms with E-state index in [1.54, 1.807) is 24.5 Å². The van der Waals surface area contributed by atoms with E-state index >= 15 is 0 Å². The standard InChI is InChI=1S/C17H16FN5OS/c1-2-23-16(12-6-8-19-9-7-12)21-22-17(23)25-11-15(24)20-14-5-3-4-13(18)10-14/h3-10H,2,11H2,1H3,(H,20,24). The normalized spacial score (nSPS) is 10.6. The van der Waals surface area contributed by atoms with Crippen LogP contribution >= 0.6 is 11.8 Å². The van der Waals surface area contributed by atoms with E-state index in [2.05, 4.69) is 20.5 Å². The number of thioether (sulfide) groups is 1. The number of benzene rings is 1. The molecule has 128 valence electrons. The molecule has 0 saturated carbocycles. The maximum atomic E-state index is 13.1. The van der Waals surface area contributed by atoms with Crippen LogP contribution in [0.15, 0.2) is 53.9 Å². The summed E-state index contributed by atoms with van der Waals surface area (Å²) in [5, 5.41) is 11.7. The molecular weight excluding hydrogens is 341 g/mol. The molecule has 2 heterocycles. The minimum Gasteiger partial charge on any atom is -0.325 e. The zero-order valence-corrected chi connectivity index (χ0v) is 14.3. The average molecular weight is 357 g/mol. The van der Waals surface area contributed by atoms with Crippen LogP contribution in [0.1, 0.15) is 6.92 Å². The van der Waals surface area contributed by atoms with Gasteiger partial charge in [-0.25, -0.2) is 4.39 Å². The van der Waals surface area contributed by atoms with E-state index in [1.165, 1.54) is 23.9 Å². The van der Waals surface area contributed by atoms with E-state index in [4.69, 9.17) is 0 Å². The first-order valence-corrected chi connectivity index (χ1v) is 8.67. The van der Waals surface area contributed by atoms with Crippen LogP contribution in [0.5, 0.6) is 0 Å². The number of nitrogens with one attached hydrogen (secondary N) is 1. The fourth-order valence-electron chi connectivity index (χ4n) is 2.29. The van der Waals surface area contributed by atoms with Gasteiger partial charge in [-0.1, -0.05) is 17.8 Å². The van der Waals surface area contributed by atoms with E-state index < -0.39 is 5.82 Å². The van der Waals surface area contributed by atoms with E-state index in [0.717, 1.165) is 11.4 Å². The molecular formula is C17H16FN5OS. The largest absolute Gasteiger partial charge is 0.325 e. The number of halogens is 1. The number of carbonyl (C=O) groups excluding carboxylic acids is 1. The molecule has 0 aliphatic heterocycles.